The normalized spacial score (nSPS) is 11.6. The Balaban J connectivity index is 1.74. The molecule has 8 nitrogen and oxygen atoms in total. The van der Waals surface area contributed by atoms with E-state index in [0.717, 1.165) is 34.5 Å². The van der Waals surface area contributed by atoms with Gasteiger partial charge in [-0.2, -0.15) is 13.2 Å². The number of amides is 1. The molecule has 1 amide bonds. The van der Waals surface area contributed by atoms with E-state index >= 15 is 0 Å². The molecule has 0 unspecified atom stereocenters. The molecule has 2 heterocycles. The number of benzene rings is 1. The molecule has 0 atom stereocenters. The number of non-ortho nitro benzene ring substituents is 1. The zero-order valence-electron chi connectivity index (χ0n) is 13.9. The number of rotatable bonds is 5. The molecule has 1 aromatic carbocycles. The first-order valence-electron chi connectivity index (χ1n) is 7.54. The second-order valence-corrected chi connectivity index (χ2v) is 7.27. The third-order valence-electron chi connectivity index (χ3n) is 3.53. The van der Waals surface area contributed by atoms with Crippen LogP contribution in [0.4, 0.5) is 24.5 Å². The number of nitro groups is 1. The number of fused-ring (bicyclic) bond motifs is 1. The number of nitro benzene ring substituents is 1. The minimum atomic E-state index is -4.62. The van der Waals surface area contributed by atoms with Crippen LogP contribution in [0.25, 0.3) is 5.65 Å². The van der Waals surface area contributed by atoms with Crippen LogP contribution >= 0.6 is 35.0 Å². The van der Waals surface area contributed by atoms with Crippen molar-refractivity contribution < 1.29 is 22.9 Å². The fraction of sp³-hybridized carbons (Fsp3) is 0.133. The van der Waals surface area contributed by atoms with Crippen molar-refractivity contribution in [2.45, 2.75) is 11.3 Å². The maximum atomic E-state index is 13.0. The summed E-state index contributed by atoms with van der Waals surface area (Å²) in [6.07, 6.45) is -3.83. The smallest absolute Gasteiger partial charge is 0.324 e. The highest BCUT2D eigenvalue weighted by molar-refractivity contribution is 7.99. The highest BCUT2D eigenvalue weighted by atomic mass is 35.5. The number of carbonyl (C=O) groups is 1. The Labute approximate surface area is 174 Å². The van der Waals surface area contributed by atoms with Crippen molar-refractivity contribution in [3.8, 4) is 0 Å². The highest BCUT2D eigenvalue weighted by Gasteiger charge is 2.32. The van der Waals surface area contributed by atoms with E-state index in [4.69, 9.17) is 23.2 Å². The van der Waals surface area contributed by atoms with Gasteiger partial charge in [0, 0.05) is 18.3 Å². The van der Waals surface area contributed by atoms with Gasteiger partial charge < -0.3 is 5.32 Å². The van der Waals surface area contributed by atoms with Crippen molar-refractivity contribution in [1.29, 1.82) is 0 Å². The Morgan fingerprint density at radius 1 is 1.24 bits per heavy atom. The molecule has 0 aliphatic heterocycles. The quantitative estimate of drug-likeness (QED) is 0.333. The van der Waals surface area contributed by atoms with Gasteiger partial charge in [0.1, 0.15) is 0 Å². The van der Waals surface area contributed by atoms with Crippen molar-refractivity contribution in [3.05, 3.63) is 56.2 Å². The van der Waals surface area contributed by atoms with Crippen LogP contribution in [0.5, 0.6) is 0 Å². The second-order valence-electron chi connectivity index (χ2n) is 5.51. The summed E-state index contributed by atoms with van der Waals surface area (Å²) in [6, 6.07) is 4.26. The van der Waals surface area contributed by atoms with Crippen LogP contribution in [0.15, 0.2) is 35.6 Å². The van der Waals surface area contributed by atoms with Gasteiger partial charge in [-0.25, -0.2) is 0 Å². The summed E-state index contributed by atoms with van der Waals surface area (Å²) in [5.41, 5.74) is -1.06. The molecule has 0 aliphatic carbocycles. The zero-order valence-corrected chi connectivity index (χ0v) is 16.2. The van der Waals surface area contributed by atoms with Crippen LogP contribution in [-0.2, 0) is 11.0 Å². The Bertz CT molecular complexity index is 1120. The molecule has 0 aliphatic rings. The number of nitrogens with zero attached hydrogens (tertiary/aromatic N) is 4. The summed E-state index contributed by atoms with van der Waals surface area (Å²) >= 11 is 12.6. The molecule has 0 saturated heterocycles. The van der Waals surface area contributed by atoms with E-state index in [9.17, 15) is 28.1 Å². The summed E-state index contributed by atoms with van der Waals surface area (Å²) in [7, 11) is 0. The van der Waals surface area contributed by atoms with E-state index in [1.165, 1.54) is 12.1 Å². The van der Waals surface area contributed by atoms with E-state index in [2.05, 4.69) is 15.5 Å². The predicted molar refractivity (Wildman–Crippen MR) is 100 cm³/mol. The van der Waals surface area contributed by atoms with E-state index < -0.39 is 22.6 Å². The fourth-order valence-corrected chi connectivity index (χ4v) is 3.40. The molecule has 152 valence electrons. The number of carbonyl (C=O) groups excluding carboxylic acids is 1. The lowest BCUT2D eigenvalue weighted by molar-refractivity contribution is -0.384. The SMILES string of the molecule is O=C(CSc1nnc2c(Cl)cc(C(F)(F)F)cn12)Nc1ccc([N+](=O)[O-])cc1Cl. The standard InChI is InChI=1S/C15H8Cl2F3N5O3S/c16-9-4-8(25(27)28)1-2-11(9)21-12(26)6-29-14-23-22-13-10(17)3-7(5-24(13)14)15(18,19)20/h1-5H,6H2,(H,21,26). The van der Waals surface area contributed by atoms with Crippen LogP contribution in [0.1, 0.15) is 5.56 Å². The van der Waals surface area contributed by atoms with Gasteiger partial charge in [-0.05, 0) is 12.1 Å². The predicted octanol–water partition coefficient (Wildman–Crippen LogP) is 4.69. The molecule has 0 bridgehead atoms. The number of nitrogens with one attached hydrogen (secondary N) is 1. The lowest BCUT2D eigenvalue weighted by atomic mass is 10.3. The van der Waals surface area contributed by atoms with Crippen molar-refractivity contribution in [2.24, 2.45) is 0 Å². The van der Waals surface area contributed by atoms with Crippen LogP contribution in [-0.4, -0.2) is 31.2 Å². The van der Waals surface area contributed by atoms with Gasteiger partial charge in [-0.15, -0.1) is 10.2 Å². The molecule has 2 aromatic heterocycles. The van der Waals surface area contributed by atoms with Gasteiger partial charge in [-0.3, -0.25) is 19.3 Å². The van der Waals surface area contributed by atoms with E-state index in [-0.39, 0.29) is 38.0 Å². The summed E-state index contributed by atoms with van der Waals surface area (Å²) in [4.78, 5) is 22.2. The first-order valence-corrected chi connectivity index (χ1v) is 9.28. The van der Waals surface area contributed by atoms with Gasteiger partial charge in [0.25, 0.3) is 5.69 Å². The molecule has 3 rings (SSSR count). The number of aromatic nitrogens is 3. The molecular formula is C15H8Cl2F3N5O3S. The fourth-order valence-electron chi connectivity index (χ4n) is 2.22. The molecule has 3 aromatic rings. The molecule has 0 spiro atoms. The van der Waals surface area contributed by atoms with Gasteiger partial charge >= 0.3 is 6.18 Å². The first kappa shape index (κ1) is 21.1. The Kier molecular flexibility index (Phi) is 5.87. The molecule has 29 heavy (non-hydrogen) atoms. The van der Waals surface area contributed by atoms with E-state index in [0.29, 0.717) is 0 Å². The summed E-state index contributed by atoms with van der Waals surface area (Å²) in [5, 5.41) is 20.4. The number of thioether (sulfide) groups is 1. The van der Waals surface area contributed by atoms with Crippen molar-refractivity contribution >= 4 is 57.9 Å². The van der Waals surface area contributed by atoms with Gasteiger partial charge in [0.05, 0.1) is 32.0 Å². The molecule has 0 saturated carbocycles. The monoisotopic (exact) mass is 465 g/mol. The Hall–Kier alpha value is -2.57. The topological polar surface area (TPSA) is 102 Å². The Morgan fingerprint density at radius 3 is 2.59 bits per heavy atom. The molecule has 0 fully saturated rings. The van der Waals surface area contributed by atoms with Crippen LogP contribution in [0.2, 0.25) is 10.0 Å². The molecular weight excluding hydrogens is 458 g/mol. The maximum Gasteiger partial charge on any atom is 0.417 e. The third-order valence-corrected chi connectivity index (χ3v) is 5.06. The first-order chi connectivity index (χ1) is 13.6. The summed E-state index contributed by atoms with van der Waals surface area (Å²) in [6.45, 7) is 0. The lowest BCUT2D eigenvalue weighted by Gasteiger charge is -2.09. The Morgan fingerprint density at radius 2 is 1.97 bits per heavy atom. The van der Waals surface area contributed by atoms with Crippen LogP contribution < -0.4 is 5.32 Å². The van der Waals surface area contributed by atoms with Gasteiger partial charge in [0.15, 0.2) is 10.8 Å². The number of hydrogen-bond donors (Lipinski definition) is 1. The molecule has 14 heteroatoms. The maximum absolute atomic E-state index is 13.0. The van der Waals surface area contributed by atoms with E-state index in [1.807, 2.05) is 0 Å². The largest absolute Gasteiger partial charge is 0.417 e. The third kappa shape index (κ3) is 4.71. The molecule has 0 radical (unpaired) electrons. The molecule has 1 N–H and O–H groups in total. The summed E-state index contributed by atoms with van der Waals surface area (Å²) < 4.78 is 39.9. The van der Waals surface area contributed by atoms with Crippen molar-refractivity contribution in [3.63, 3.8) is 0 Å². The minimum Gasteiger partial charge on any atom is -0.324 e. The number of hydrogen-bond acceptors (Lipinski definition) is 6. The van der Waals surface area contributed by atoms with Crippen molar-refractivity contribution in [1.82, 2.24) is 14.6 Å². The van der Waals surface area contributed by atoms with Crippen molar-refractivity contribution in [2.75, 3.05) is 11.1 Å². The average molecular weight is 466 g/mol. The van der Waals surface area contributed by atoms with Gasteiger partial charge in [0.2, 0.25) is 5.91 Å². The number of anilines is 1. The van der Waals surface area contributed by atoms with E-state index in [1.54, 1.807) is 0 Å². The number of pyridine rings is 1. The van der Waals surface area contributed by atoms with Crippen LogP contribution in [0.3, 0.4) is 0 Å². The summed E-state index contributed by atoms with van der Waals surface area (Å²) in [5.74, 6) is -0.789. The minimum absolute atomic E-state index is 0.0148. The average Bonchev–Trinajstić information content (AvgIpc) is 3.04. The zero-order chi connectivity index (χ0) is 21.3. The van der Waals surface area contributed by atoms with Crippen LogP contribution in [0, 0.1) is 10.1 Å². The number of halogens is 5. The lowest BCUT2D eigenvalue weighted by Crippen LogP contribution is -2.14. The highest BCUT2D eigenvalue weighted by Crippen LogP contribution is 2.33. The second kappa shape index (κ2) is 8.05. The van der Waals surface area contributed by atoms with Gasteiger partial charge in [-0.1, -0.05) is 35.0 Å². The number of alkyl halides is 3.